The van der Waals surface area contributed by atoms with Crippen LogP contribution in [-0.2, 0) is 9.47 Å². The van der Waals surface area contributed by atoms with Crippen LogP contribution in [0.3, 0.4) is 0 Å². The Labute approximate surface area is 136 Å². The highest BCUT2D eigenvalue weighted by molar-refractivity contribution is 5.57. The van der Waals surface area contributed by atoms with Crippen molar-refractivity contribution in [2.45, 2.75) is 12.5 Å². The summed E-state index contributed by atoms with van der Waals surface area (Å²) >= 11 is 0. The van der Waals surface area contributed by atoms with Gasteiger partial charge >= 0.3 is 0 Å². The smallest absolute Gasteiger partial charge is 0.143 e. The summed E-state index contributed by atoms with van der Waals surface area (Å²) in [5.74, 6) is -0.0238. The Morgan fingerprint density at radius 2 is 2.13 bits per heavy atom. The summed E-state index contributed by atoms with van der Waals surface area (Å²) in [6.07, 6.45) is 1.04. The summed E-state index contributed by atoms with van der Waals surface area (Å²) in [5, 5.41) is 12.4. The lowest BCUT2D eigenvalue weighted by Gasteiger charge is -2.37. The van der Waals surface area contributed by atoms with E-state index in [-0.39, 0.29) is 5.56 Å². The van der Waals surface area contributed by atoms with Crippen molar-refractivity contribution in [1.82, 2.24) is 4.90 Å². The van der Waals surface area contributed by atoms with Crippen molar-refractivity contribution >= 4 is 5.69 Å². The van der Waals surface area contributed by atoms with Gasteiger partial charge in [-0.15, -0.1) is 0 Å². The molecule has 2 aliphatic heterocycles. The molecule has 23 heavy (non-hydrogen) atoms. The van der Waals surface area contributed by atoms with Crippen LogP contribution in [0, 0.1) is 23.1 Å². The van der Waals surface area contributed by atoms with Crippen LogP contribution >= 0.6 is 0 Å². The monoisotopic (exact) mass is 319 g/mol. The summed E-state index contributed by atoms with van der Waals surface area (Å²) in [6.45, 7) is 5.52. The fourth-order valence-electron chi connectivity index (χ4n) is 3.36. The minimum absolute atomic E-state index is 0.0795. The third kappa shape index (κ3) is 3.81. The van der Waals surface area contributed by atoms with E-state index in [0.29, 0.717) is 24.2 Å². The van der Waals surface area contributed by atoms with E-state index in [9.17, 15) is 4.39 Å². The molecule has 0 radical (unpaired) electrons. The number of morpholine rings is 1. The van der Waals surface area contributed by atoms with Gasteiger partial charge in [0.2, 0.25) is 0 Å². The molecule has 0 amide bonds. The van der Waals surface area contributed by atoms with Gasteiger partial charge in [0.1, 0.15) is 17.4 Å². The standard InChI is InChI=1S/C17H22FN3O2/c18-15-2-1-3-16(14(15)10-19)20-11-17(13-4-7-23-12-13)21-5-8-22-9-6-21/h1-3,13,17,20H,4-9,11-12H2. The molecule has 2 saturated heterocycles. The molecule has 0 bridgehead atoms. The van der Waals surface area contributed by atoms with Gasteiger partial charge in [0.05, 0.1) is 25.5 Å². The molecule has 1 aromatic carbocycles. The Bertz CT molecular complexity index is 563. The first-order chi connectivity index (χ1) is 11.3. The maximum Gasteiger partial charge on any atom is 0.143 e. The zero-order valence-electron chi connectivity index (χ0n) is 13.1. The lowest BCUT2D eigenvalue weighted by Crippen LogP contribution is -2.50. The highest BCUT2D eigenvalue weighted by atomic mass is 19.1. The predicted molar refractivity (Wildman–Crippen MR) is 84.7 cm³/mol. The van der Waals surface area contributed by atoms with Gasteiger partial charge in [-0.05, 0) is 18.6 Å². The number of nitrogens with one attached hydrogen (secondary N) is 1. The third-order valence-corrected chi connectivity index (χ3v) is 4.65. The van der Waals surface area contributed by atoms with E-state index < -0.39 is 5.82 Å². The van der Waals surface area contributed by atoms with Crippen LogP contribution in [0.5, 0.6) is 0 Å². The summed E-state index contributed by atoms with van der Waals surface area (Å²) in [5.41, 5.74) is 0.639. The molecule has 1 aromatic rings. The zero-order chi connectivity index (χ0) is 16.1. The van der Waals surface area contributed by atoms with E-state index >= 15 is 0 Å². The number of anilines is 1. The van der Waals surface area contributed by atoms with Crippen LogP contribution in [0.1, 0.15) is 12.0 Å². The van der Waals surface area contributed by atoms with Crippen molar-refractivity contribution < 1.29 is 13.9 Å². The van der Waals surface area contributed by atoms with E-state index in [0.717, 1.165) is 45.9 Å². The molecule has 1 N–H and O–H groups in total. The predicted octanol–water partition coefficient (Wildman–Crippen LogP) is 1.85. The van der Waals surface area contributed by atoms with Crippen LogP contribution in [0.4, 0.5) is 10.1 Å². The summed E-state index contributed by atoms with van der Waals surface area (Å²) in [7, 11) is 0. The molecule has 124 valence electrons. The highest BCUT2D eigenvalue weighted by Crippen LogP contribution is 2.24. The highest BCUT2D eigenvalue weighted by Gasteiger charge is 2.31. The molecule has 6 heteroatoms. The molecule has 2 atom stereocenters. The molecule has 0 saturated carbocycles. The molecule has 2 unspecified atom stereocenters. The number of halogens is 1. The van der Waals surface area contributed by atoms with E-state index in [1.807, 2.05) is 6.07 Å². The minimum Gasteiger partial charge on any atom is -0.382 e. The topological polar surface area (TPSA) is 57.5 Å². The molecular weight excluding hydrogens is 297 g/mol. The molecule has 3 rings (SSSR count). The number of nitrogens with zero attached hydrogens (tertiary/aromatic N) is 2. The van der Waals surface area contributed by atoms with Crippen LogP contribution < -0.4 is 5.32 Å². The van der Waals surface area contributed by atoms with Crippen molar-refractivity contribution in [1.29, 1.82) is 5.26 Å². The molecule has 2 fully saturated rings. The fraction of sp³-hybridized carbons (Fsp3) is 0.588. The number of benzene rings is 1. The Morgan fingerprint density at radius 3 is 2.83 bits per heavy atom. The molecule has 0 spiro atoms. The van der Waals surface area contributed by atoms with Crippen molar-refractivity contribution in [2.75, 3.05) is 51.4 Å². The largest absolute Gasteiger partial charge is 0.382 e. The lowest BCUT2D eigenvalue weighted by atomic mass is 9.96. The lowest BCUT2D eigenvalue weighted by molar-refractivity contribution is 0.00461. The van der Waals surface area contributed by atoms with Gasteiger partial charge in [0, 0.05) is 38.2 Å². The van der Waals surface area contributed by atoms with E-state index in [2.05, 4.69) is 10.2 Å². The molecule has 0 aromatic heterocycles. The second kappa shape index (κ2) is 7.73. The van der Waals surface area contributed by atoms with Gasteiger partial charge in [0.25, 0.3) is 0 Å². The average molecular weight is 319 g/mol. The van der Waals surface area contributed by atoms with Gasteiger partial charge < -0.3 is 14.8 Å². The number of ether oxygens (including phenoxy) is 2. The van der Waals surface area contributed by atoms with Crippen molar-refractivity contribution in [2.24, 2.45) is 5.92 Å². The van der Waals surface area contributed by atoms with Crippen LogP contribution in [0.2, 0.25) is 0 Å². The third-order valence-electron chi connectivity index (χ3n) is 4.65. The fourth-order valence-corrected chi connectivity index (χ4v) is 3.36. The maximum atomic E-state index is 13.7. The molecule has 2 heterocycles. The van der Waals surface area contributed by atoms with Gasteiger partial charge in [0.15, 0.2) is 0 Å². The Morgan fingerprint density at radius 1 is 1.30 bits per heavy atom. The van der Waals surface area contributed by atoms with Crippen LogP contribution in [0.25, 0.3) is 0 Å². The first-order valence-electron chi connectivity index (χ1n) is 8.11. The number of rotatable bonds is 5. The Hall–Kier alpha value is -1.68. The normalized spacial score (nSPS) is 23.4. The van der Waals surface area contributed by atoms with Crippen molar-refractivity contribution in [3.8, 4) is 6.07 Å². The van der Waals surface area contributed by atoms with Crippen LogP contribution in [0.15, 0.2) is 18.2 Å². The molecule has 0 aliphatic carbocycles. The molecular formula is C17H22FN3O2. The quantitative estimate of drug-likeness (QED) is 0.897. The molecule has 5 nitrogen and oxygen atoms in total. The number of hydrogen-bond acceptors (Lipinski definition) is 5. The van der Waals surface area contributed by atoms with Gasteiger partial charge in [-0.2, -0.15) is 5.26 Å². The van der Waals surface area contributed by atoms with E-state index in [4.69, 9.17) is 14.7 Å². The summed E-state index contributed by atoms with van der Waals surface area (Å²) in [4.78, 5) is 2.42. The maximum absolute atomic E-state index is 13.7. The van der Waals surface area contributed by atoms with E-state index in [1.165, 1.54) is 6.07 Å². The molecule has 2 aliphatic rings. The number of nitriles is 1. The number of hydrogen-bond donors (Lipinski definition) is 1. The summed E-state index contributed by atoms with van der Waals surface area (Å²) in [6, 6.07) is 6.94. The van der Waals surface area contributed by atoms with Gasteiger partial charge in [-0.3, -0.25) is 4.90 Å². The van der Waals surface area contributed by atoms with Crippen LogP contribution in [-0.4, -0.2) is 57.0 Å². The van der Waals surface area contributed by atoms with Crippen molar-refractivity contribution in [3.63, 3.8) is 0 Å². The Kier molecular flexibility index (Phi) is 5.44. The second-order valence-electron chi connectivity index (χ2n) is 5.99. The SMILES string of the molecule is N#Cc1c(F)cccc1NCC(C1CCOC1)N1CCOCC1. The summed E-state index contributed by atoms with van der Waals surface area (Å²) < 4.78 is 24.7. The average Bonchev–Trinajstić information content (AvgIpc) is 3.10. The first-order valence-corrected chi connectivity index (χ1v) is 8.11. The Balaban J connectivity index is 1.71. The van der Waals surface area contributed by atoms with Gasteiger partial charge in [-0.25, -0.2) is 4.39 Å². The second-order valence-corrected chi connectivity index (χ2v) is 5.99. The first kappa shape index (κ1) is 16.2. The van der Waals surface area contributed by atoms with Gasteiger partial charge in [-0.1, -0.05) is 6.07 Å². The van der Waals surface area contributed by atoms with Crippen molar-refractivity contribution in [3.05, 3.63) is 29.6 Å². The minimum atomic E-state index is -0.482. The van der Waals surface area contributed by atoms with E-state index in [1.54, 1.807) is 12.1 Å². The zero-order valence-corrected chi connectivity index (χ0v) is 13.1.